The highest BCUT2D eigenvalue weighted by atomic mass is 32.2. The number of anilines is 2. The van der Waals surface area contributed by atoms with E-state index in [4.69, 9.17) is 4.74 Å². The van der Waals surface area contributed by atoms with Crippen LogP contribution < -0.4 is 14.9 Å². The van der Waals surface area contributed by atoms with Crippen LogP contribution in [0, 0.1) is 6.92 Å². The smallest absolute Gasteiger partial charge is 0.261 e. The Bertz CT molecular complexity index is 1210. The SMILES string of the molecule is Cc1ccc(NS(=O)(=O)c2ccc(C(=O)NCc3ccnc(N4CCOCC4)c3)cc2)cc1. The zero-order valence-electron chi connectivity index (χ0n) is 18.3. The molecule has 3 aromatic rings. The second-order valence-electron chi connectivity index (χ2n) is 7.80. The number of hydrogen-bond donors (Lipinski definition) is 2. The van der Waals surface area contributed by atoms with Gasteiger partial charge in [-0.05, 0) is 61.0 Å². The van der Waals surface area contributed by atoms with Gasteiger partial charge in [0.1, 0.15) is 5.82 Å². The van der Waals surface area contributed by atoms with E-state index in [1.165, 1.54) is 24.3 Å². The molecule has 0 spiro atoms. The zero-order valence-corrected chi connectivity index (χ0v) is 19.1. The molecule has 2 heterocycles. The summed E-state index contributed by atoms with van der Waals surface area (Å²) < 4.78 is 33.1. The molecule has 1 amide bonds. The van der Waals surface area contributed by atoms with Gasteiger partial charge < -0.3 is 15.0 Å². The largest absolute Gasteiger partial charge is 0.378 e. The number of sulfonamides is 1. The van der Waals surface area contributed by atoms with Gasteiger partial charge in [0.15, 0.2) is 0 Å². The Balaban J connectivity index is 1.37. The van der Waals surface area contributed by atoms with Crippen LogP contribution in [0.25, 0.3) is 0 Å². The van der Waals surface area contributed by atoms with Crippen LogP contribution in [0.2, 0.25) is 0 Å². The van der Waals surface area contributed by atoms with Crippen molar-refractivity contribution in [1.29, 1.82) is 0 Å². The lowest BCUT2D eigenvalue weighted by atomic mass is 10.2. The Labute approximate surface area is 193 Å². The Kier molecular flexibility index (Phi) is 6.90. The molecule has 8 nitrogen and oxygen atoms in total. The van der Waals surface area contributed by atoms with E-state index in [1.54, 1.807) is 18.3 Å². The average molecular weight is 467 g/mol. The first-order valence-electron chi connectivity index (χ1n) is 10.7. The van der Waals surface area contributed by atoms with Crippen molar-refractivity contribution < 1.29 is 17.9 Å². The molecule has 4 rings (SSSR count). The molecule has 0 atom stereocenters. The number of benzene rings is 2. The molecule has 1 aliphatic rings. The van der Waals surface area contributed by atoms with E-state index in [0.717, 1.165) is 30.0 Å². The molecule has 0 radical (unpaired) electrons. The number of rotatable bonds is 7. The van der Waals surface area contributed by atoms with Crippen molar-refractivity contribution in [1.82, 2.24) is 10.3 Å². The molecule has 9 heteroatoms. The molecular formula is C24H26N4O4S. The van der Waals surface area contributed by atoms with Gasteiger partial charge in [-0.3, -0.25) is 9.52 Å². The van der Waals surface area contributed by atoms with E-state index in [-0.39, 0.29) is 10.8 Å². The van der Waals surface area contributed by atoms with Crippen molar-refractivity contribution in [2.24, 2.45) is 0 Å². The van der Waals surface area contributed by atoms with Crippen LogP contribution in [-0.4, -0.2) is 45.6 Å². The van der Waals surface area contributed by atoms with Crippen LogP contribution >= 0.6 is 0 Å². The van der Waals surface area contributed by atoms with Gasteiger partial charge in [-0.1, -0.05) is 17.7 Å². The van der Waals surface area contributed by atoms with Gasteiger partial charge in [0.05, 0.1) is 18.1 Å². The van der Waals surface area contributed by atoms with E-state index in [0.29, 0.717) is 31.0 Å². The summed E-state index contributed by atoms with van der Waals surface area (Å²) in [5.74, 6) is 0.580. The third kappa shape index (κ3) is 5.88. The highest BCUT2D eigenvalue weighted by molar-refractivity contribution is 7.92. The number of ether oxygens (including phenoxy) is 1. The van der Waals surface area contributed by atoms with Crippen LogP contribution in [-0.2, 0) is 21.3 Å². The summed E-state index contributed by atoms with van der Waals surface area (Å²) in [5, 5.41) is 2.87. The predicted octanol–water partition coefficient (Wildman–Crippen LogP) is 2.96. The highest BCUT2D eigenvalue weighted by Gasteiger charge is 2.16. The Morgan fingerprint density at radius 3 is 2.42 bits per heavy atom. The standard InChI is InChI=1S/C24H26N4O4S/c1-18-2-6-21(7-3-18)27-33(30,31)22-8-4-20(5-9-22)24(29)26-17-19-10-11-25-23(16-19)28-12-14-32-15-13-28/h2-11,16,27H,12-15,17H2,1H3,(H,26,29). The van der Waals surface area contributed by atoms with Crippen LogP contribution in [0.5, 0.6) is 0 Å². The number of aromatic nitrogens is 1. The number of carbonyl (C=O) groups is 1. The summed E-state index contributed by atoms with van der Waals surface area (Å²) >= 11 is 0. The molecule has 1 aromatic heterocycles. The summed E-state index contributed by atoms with van der Waals surface area (Å²) in [7, 11) is -3.74. The van der Waals surface area contributed by atoms with Crippen molar-refractivity contribution in [3.05, 3.63) is 83.6 Å². The fourth-order valence-corrected chi connectivity index (χ4v) is 4.50. The number of carbonyl (C=O) groups excluding carboxylic acids is 1. The number of aryl methyl sites for hydroxylation is 1. The summed E-state index contributed by atoms with van der Waals surface area (Å²) in [5.41, 5.74) is 2.83. The number of morpholine rings is 1. The van der Waals surface area contributed by atoms with Crippen LogP contribution in [0.3, 0.4) is 0 Å². The van der Waals surface area contributed by atoms with Gasteiger partial charge in [-0.25, -0.2) is 13.4 Å². The molecule has 1 saturated heterocycles. The van der Waals surface area contributed by atoms with Gasteiger partial charge in [-0.15, -0.1) is 0 Å². The van der Waals surface area contributed by atoms with E-state index < -0.39 is 10.0 Å². The van der Waals surface area contributed by atoms with Crippen molar-refractivity contribution in [3.8, 4) is 0 Å². The second kappa shape index (κ2) is 10.0. The summed E-state index contributed by atoms with van der Waals surface area (Å²) in [6, 6.07) is 16.7. The predicted molar refractivity (Wildman–Crippen MR) is 127 cm³/mol. The van der Waals surface area contributed by atoms with E-state index in [2.05, 4.69) is 19.9 Å². The molecule has 2 aromatic carbocycles. The lowest BCUT2D eigenvalue weighted by Crippen LogP contribution is -2.36. The molecule has 172 valence electrons. The maximum Gasteiger partial charge on any atom is 0.261 e. The molecule has 0 saturated carbocycles. The number of amides is 1. The lowest BCUT2D eigenvalue weighted by Gasteiger charge is -2.28. The molecule has 0 bridgehead atoms. The van der Waals surface area contributed by atoms with Gasteiger partial charge in [0.2, 0.25) is 0 Å². The first-order chi connectivity index (χ1) is 15.9. The molecule has 33 heavy (non-hydrogen) atoms. The van der Waals surface area contributed by atoms with Crippen LogP contribution in [0.4, 0.5) is 11.5 Å². The Morgan fingerprint density at radius 1 is 1.03 bits per heavy atom. The third-order valence-electron chi connectivity index (χ3n) is 5.33. The molecule has 1 fully saturated rings. The first kappa shape index (κ1) is 22.8. The minimum atomic E-state index is -3.74. The molecule has 2 N–H and O–H groups in total. The van der Waals surface area contributed by atoms with Crippen molar-refractivity contribution >= 4 is 27.4 Å². The number of hydrogen-bond acceptors (Lipinski definition) is 6. The fraction of sp³-hybridized carbons (Fsp3) is 0.250. The average Bonchev–Trinajstić information content (AvgIpc) is 2.85. The topological polar surface area (TPSA) is 101 Å². The fourth-order valence-electron chi connectivity index (χ4n) is 3.44. The van der Waals surface area contributed by atoms with Crippen LogP contribution in [0.1, 0.15) is 21.5 Å². The molecular weight excluding hydrogens is 440 g/mol. The number of nitrogens with zero attached hydrogens (tertiary/aromatic N) is 2. The lowest BCUT2D eigenvalue weighted by molar-refractivity contribution is 0.0951. The minimum Gasteiger partial charge on any atom is -0.378 e. The summed E-state index contributed by atoms with van der Waals surface area (Å²) in [6.45, 7) is 5.20. The van der Waals surface area contributed by atoms with Crippen LogP contribution in [0.15, 0.2) is 71.8 Å². The number of pyridine rings is 1. The van der Waals surface area contributed by atoms with Crippen molar-refractivity contribution in [2.75, 3.05) is 35.9 Å². The Hall–Kier alpha value is -3.43. The first-order valence-corrected chi connectivity index (χ1v) is 12.1. The molecule has 1 aliphatic heterocycles. The van der Waals surface area contributed by atoms with Crippen molar-refractivity contribution in [3.63, 3.8) is 0 Å². The second-order valence-corrected chi connectivity index (χ2v) is 9.48. The van der Waals surface area contributed by atoms with E-state index in [9.17, 15) is 13.2 Å². The monoisotopic (exact) mass is 466 g/mol. The normalized spacial score (nSPS) is 14.0. The minimum absolute atomic E-state index is 0.0870. The van der Waals surface area contributed by atoms with Gasteiger partial charge in [0, 0.05) is 37.1 Å². The molecule has 0 aliphatic carbocycles. The van der Waals surface area contributed by atoms with Gasteiger partial charge in [0.25, 0.3) is 15.9 Å². The maximum absolute atomic E-state index is 12.6. The van der Waals surface area contributed by atoms with E-state index >= 15 is 0 Å². The highest BCUT2D eigenvalue weighted by Crippen LogP contribution is 2.18. The Morgan fingerprint density at radius 2 is 1.73 bits per heavy atom. The quantitative estimate of drug-likeness (QED) is 0.555. The third-order valence-corrected chi connectivity index (χ3v) is 6.73. The zero-order chi connectivity index (χ0) is 23.3. The van der Waals surface area contributed by atoms with Crippen molar-refractivity contribution in [2.45, 2.75) is 18.4 Å². The van der Waals surface area contributed by atoms with Gasteiger partial charge >= 0.3 is 0 Å². The number of nitrogens with one attached hydrogen (secondary N) is 2. The molecule has 0 unspecified atom stereocenters. The van der Waals surface area contributed by atoms with E-state index in [1.807, 2.05) is 31.2 Å². The summed E-state index contributed by atoms with van der Waals surface area (Å²) in [6.07, 6.45) is 1.73. The van der Waals surface area contributed by atoms with Gasteiger partial charge in [-0.2, -0.15) is 0 Å². The summed E-state index contributed by atoms with van der Waals surface area (Å²) in [4.78, 5) is 19.2. The maximum atomic E-state index is 12.6.